The Kier molecular flexibility index (Phi) is 5.38. The van der Waals surface area contributed by atoms with Crippen molar-refractivity contribution in [3.63, 3.8) is 0 Å². The van der Waals surface area contributed by atoms with Crippen molar-refractivity contribution in [3.8, 4) is 0 Å². The Morgan fingerprint density at radius 1 is 1.05 bits per heavy atom. The molecule has 0 aromatic heterocycles. The summed E-state index contributed by atoms with van der Waals surface area (Å²) in [7, 11) is 0.308. The second-order valence-electron chi connectivity index (χ2n) is 8.52. The second kappa shape index (κ2) is 6.96. The molecule has 3 saturated carbocycles. The Morgan fingerprint density at radius 3 is 2.27 bits per heavy atom. The van der Waals surface area contributed by atoms with Gasteiger partial charge in [0.2, 0.25) is 0 Å². The van der Waals surface area contributed by atoms with Gasteiger partial charge in [-0.1, -0.05) is 46.1 Å². The molecule has 0 bridgehead atoms. The molecule has 0 nitrogen and oxygen atoms in total. The summed E-state index contributed by atoms with van der Waals surface area (Å²) in [6.07, 6.45) is 12.7. The first kappa shape index (κ1) is 17.0. The zero-order chi connectivity index (χ0) is 15.9. The van der Waals surface area contributed by atoms with Crippen LogP contribution in [0.3, 0.4) is 0 Å². The Balaban J connectivity index is 1.59. The molecule has 0 aliphatic heterocycles. The zero-order valence-electron chi connectivity index (χ0n) is 15.3. The van der Waals surface area contributed by atoms with Gasteiger partial charge in [-0.25, -0.2) is 0 Å². The highest BCUT2D eigenvalue weighted by Gasteiger charge is 2.66. The molecular formula is C21H37P. The van der Waals surface area contributed by atoms with Crippen LogP contribution in [0.4, 0.5) is 0 Å². The van der Waals surface area contributed by atoms with E-state index in [2.05, 4.69) is 40.1 Å². The Labute approximate surface area is 140 Å². The quantitative estimate of drug-likeness (QED) is 0.347. The smallest absolute Gasteiger partial charge is 0.0171 e. The largest absolute Gasteiger partial charge is 0.110 e. The first-order valence-corrected chi connectivity index (χ1v) is 12.1. The molecule has 0 radical (unpaired) electrons. The van der Waals surface area contributed by atoms with Crippen LogP contribution in [-0.4, -0.2) is 19.0 Å². The van der Waals surface area contributed by atoms with E-state index in [4.69, 9.17) is 0 Å². The number of hydrogen-bond acceptors (Lipinski definition) is 0. The molecule has 0 saturated heterocycles. The lowest BCUT2D eigenvalue weighted by atomic mass is 9.69. The standard InChI is InChI=1S/C21H37P/c1-6-10-14-11-15(12-14)19-18(13-22(5)9-4)21(19)20-16(7-2)17(20)8-3/h7,14-21H,2,6,8-13H2,1,3-5H3. The molecule has 7 atom stereocenters. The molecule has 0 aromatic carbocycles. The topological polar surface area (TPSA) is 0 Å². The van der Waals surface area contributed by atoms with Gasteiger partial charge >= 0.3 is 0 Å². The van der Waals surface area contributed by atoms with Crippen LogP contribution in [0, 0.1) is 47.3 Å². The third-order valence-corrected chi connectivity index (χ3v) is 9.47. The Hall–Kier alpha value is 0.170. The highest BCUT2D eigenvalue weighted by atomic mass is 31.1. The van der Waals surface area contributed by atoms with Gasteiger partial charge in [0.25, 0.3) is 0 Å². The minimum atomic E-state index is 0.308. The van der Waals surface area contributed by atoms with E-state index in [0.29, 0.717) is 7.92 Å². The highest BCUT2D eigenvalue weighted by Crippen LogP contribution is 2.71. The van der Waals surface area contributed by atoms with Crippen LogP contribution in [0.2, 0.25) is 0 Å². The van der Waals surface area contributed by atoms with Crippen molar-refractivity contribution in [2.45, 2.75) is 52.9 Å². The van der Waals surface area contributed by atoms with Crippen LogP contribution in [-0.2, 0) is 0 Å². The number of rotatable bonds is 9. The molecule has 3 aliphatic rings. The van der Waals surface area contributed by atoms with Crippen molar-refractivity contribution in [2.75, 3.05) is 19.0 Å². The van der Waals surface area contributed by atoms with Crippen LogP contribution in [0.5, 0.6) is 0 Å². The van der Waals surface area contributed by atoms with Gasteiger partial charge in [0.05, 0.1) is 0 Å². The molecule has 3 aliphatic carbocycles. The molecule has 0 aromatic rings. The molecule has 0 amide bonds. The molecule has 0 N–H and O–H groups in total. The van der Waals surface area contributed by atoms with E-state index in [1.54, 1.807) is 19.0 Å². The predicted octanol–water partition coefficient (Wildman–Crippen LogP) is 6.26. The van der Waals surface area contributed by atoms with Crippen LogP contribution in [0.15, 0.2) is 12.7 Å². The average Bonchev–Trinajstić information content (AvgIpc) is 3.35. The van der Waals surface area contributed by atoms with Crippen molar-refractivity contribution in [1.29, 1.82) is 0 Å². The van der Waals surface area contributed by atoms with E-state index in [9.17, 15) is 0 Å². The second-order valence-corrected chi connectivity index (χ2v) is 11.2. The highest BCUT2D eigenvalue weighted by molar-refractivity contribution is 7.56. The summed E-state index contributed by atoms with van der Waals surface area (Å²) < 4.78 is 0. The molecule has 126 valence electrons. The van der Waals surface area contributed by atoms with E-state index < -0.39 is 0 Å². The normalized spacial score (nSPS) is 47.6. The summed E-state index contributed by atoms with van der Waals surface area (Å²) in [5, 5.41) is 0. The van der Waals surface area contributed by atoms with Gasteiger partial charge in [0.1, 0.15) is 0 Å². The minimum Gasteiger partial charge on any atom is -0.110 e. The van der Waals surface area contributed by atoms with Gasteiger partial charge in [-0.05, 0) is 79.2 Å². The molecular weight excluding hydrogens is 283 g/mol. The summed E-state index contributed by atoms with van der Waals surface area (Å²) in [4.78, 5) is 0. The first-order valence-electron chi connectivity index (χ1n) is 9.97. The lowest BCUT2D eigenvalue weighted by Gasteiger charge is -2.36. The van der Waals surface area contributed by atoms with Crippen molar-refractivity contribution in [1.82, 2.24) is 0 Å². The van der Waals surface area contributed by atoms with Gasteiger partial charge in [0.15, 0.2) is 0 Å². The van der Waals surface area contributed by atoms with Crippen molar-refractivity contribution in [2.24, 2.45) is 47.3 Å². The molecule has 0 spiro atoms. The van der Waals surface area contributed by atoms with Crippen LogP contribution in [0.25, 0.3) is 0 Å². The lowest BCUT2D eigenvalue weighted by Crippen LogP contribution is -2.26. The van der Waals surface area contributed by atoms with Crippen LogP contribution in [0.1, 0.15) is 52.9 Å². The number of hydrogen-bond donors (Lipinski definition) is 0. The fourth-order valence-corrected chi connectivity index (χ4v) is 7.42. The third-order valence-electron chi connectivity index (χ3n) is 7.35. The van der Waals surface area contributed by atoms with Crippen LogP contribution >= 0.6 is 7.92 Å². The van der Waals surface area contributed by atoms with Gasteiger partial charge in [-0.3, -0.25) is 0 Å². The number of allylic oxidation sites excluding steroid dienone is 1. The molecule has 22 heavy (non-hydrogen) atoms. The van der Waals surface area contributed by atoms with E-state index in [1.807, 2.05) is 0 Å². The fraction of sp³-hybridized carbons (Fsp3) is 0.905. The fourth-order valence-electron chi connectivity index (χ4n) is 5.96. The molecule has 3 fully saturated rings. The summed E-state index contributed by atoms with van der Waals surface area (Å²) in [5.41, 5.74) is 0. The van der Waals surface area contributed by atoms with Crippen molar-refractivity contribution >= 4 is 7.92 Å². The maximum absolute atomic E-state index is 4.13. The van der Waals surface area contributed by atoms with Gasteiger partial charge in [0, 0.05) is 0 Å². The summed E-state index contributed by atoms with van der Waals surface area (Å²) in [6, 6.07) is 0. The maximum atomic E-state index is 4.13. The van der Waals surface area contributed by atoms with Crippen LogP contribution < -0.4 is 0 Å². The lowest BCUT2D eigenvalue weighted by molar-refractivity contribution is 0.146. The van der Waals surface area contributed by atoms with E-state index in [-0.39, 0.29) is 0 Å². The third kappa shape index (κ3) is 3.07. The van der Waals surface area contributed by atoms with Crippen molar-refractivity contribution < 1.29 is 0 Å². The van der Waals surface area contributed by atoms with E-state index in [1.165, 1.54) is 25.4 Å². The van der Waals surface area contributed by atoms with E-state index >= 15 is 0 Å². The molecule has 1 heteroatoms. The molecule has 0 heterocycles. The Morgan fingerprint density at radius 2 is 1.77 bits per heavy atom. The van der Waals surface area contributed by atoms with Crippen molar-refractivity contribution in [3.05, 3.63) is 12.7 Å². The molecule has 3 rings (SSSR count). The molecule has 7 unspecified atom stereocenters. The maximum Gasteiger partial charge on any atom is -0.0171 e. The SMILES string of the molecule is C=CC1C(CC)C1C1C(CP(C)CC)C1C1CC(CCC)C1. The van der Waals surface area contributed by atoms with Gasteiger partial charge < -0.3 is 0 Å². The monoisotopic (exact) mass is 320 g/mol. The van der Waals surface area contributed by atoms with E-state index in [0.717, 1.165) is 47.3 Å². The first-order chi connectivity index (χ1) is 10.7. The summed E-state index contributed by atoms with van der Waals surface area (Å²) >= 11 is 0. The summed E-state index contributed by atoms with van der Waals surface area (Å²) in [6.45, 7) is 13.8. The Bertz CT molecular complexity index is 383. The minimum absolute atomic E-state index is 0.308. The van der Waals surface area contributed by atoms with Gasteiger partial charge in [-0.2, -0.15) is 0 Å². The zero-order valence-corrected chi connectivity index (χ0v) is 16.2. The predicted molar refractivity (Wildman–Crippen MR) is 101 cm³/mol. The average molecular weight is 321 g/mol. The van der Waals surface area contributed by atoms with Gasteiger partial charge in [-0.15, -0.1) is 14.5 Å². The summed E-state index contributed by atoms with van der Waals surface area (Å²) in [5.74, 6) is 8.41.